The Hall–Kier alpha value is -1.70. The molecule has 0 amide bonds. The van der Waals surface area contributed by atoms with Gasteiger partial charge >= 0.3 is 0 Å². The van der Waals surface area contributed by atoms with Gasteiger partial charge in [0.15, 0.2) is 21.5 Å². The van der Waals surface area contributed by atoms with Crippen LogP contribution in [-0.2, 0) is 34.5 Å². The average Bonchev–Trinajstić information content (AvgIpc) is 3.37. The molecule has 0 aliphatic carbocycles. The van der Waals surface area contributed by atoms with E-state index < -0.39 is 21.2 Å². The van der Waals surface area contributed by atoms with Crippen molar-refractivity contribution >= 4 is 21.4 Å². The highest BCUT2D eigenvalue weighted by Crippen LogP contribution is 2.39. The third-order valence-corrected chi connectivity index (χ3v) is 8.34. The number of nitrogens with zero attached hydrogens (tertiary/aromatic N) is 5. The van der Waals surface area contributed by atoms with Gasteiger partial charge in [-0.1, -0.05) is 11.6 Å². The smallest absolute Gasteiger partial charge is 0.163 e. The average molecular weight is 532 g/mol. The number of hydrogen-bond donors (Lipinski definition) is 0. The number of sulfone groups is 1. The van der Waals surface area contributed by atoms with Gasteiger partial charge in [-0.15, -0.1) is 10.2 Å². The summed E-state index contributed by atoms with van der Waals surface area (Å²) in [5.41, 5.74) is -0.301. The zero-order chi connectivity index (χ0) is 25.8. The van der Waals surface area contributed by atoms with Crippen LogP contribution in [0.1, 0.15) is 69.3 Å². The molecular formula is C22H34ClN5O6S. The predicted molar refractivity (Wildman–Crippen MR) is 129 cm³/mol. The largest absolute Gasteiger partial charge is 0.382 e. The van der Waals surface area contributed by atoms with Crippen molar-refractivity contribution in [1.29, 1.82) is 0 Å². The minimum atomic E-state index is -3.79. The van der Waals surface area contributed by atoms with Crippen LogP contribution in [0.25, 0.3) is 0 Å². The molecule has 0 radical (unpaired) electrons. The number of aromatic nitrogens is 5. The van der Waals surface area contributed by atoms with E-state index in [1.165, 1.54) is 19.5 Å². The highest BCUT2D eigenvalue weighted by Gasteiger charge is 2.39. The van der Waals surface area contributed by atoms with Crippen LogP contribution < -0.4 is 0 Å². The Bertz CT molecular complexity index is 1070. The van der Waals surface area contributed by atoms with Crippen molar-refractivity contribution in [1.82, 2.24) is 24.7 Å². The second-order valence-corrected chi connectivity index (χ2v) is 12.0. The third kappa shape index (κ3) is 6.55. The second-order valence-electron chi connectivity index (χ2n) is 9.24. The van der Waals surface area contributed by atoms with Crippen molar-refractivity contribution in [2.75, 3.05) is 34.5 Å². The van der Waals surface area contributed by atoms with Crippen LogP contribution in [-0.4, -0.2) is 78.5 Å². The van der Waals surface area contributed by atoms with Crippen molar-refractivity contribution in [3.63, 3.8) is 0 Å². The van der Waals surface area contributed by atoms with E-state index in [0.29, 0.717) is 10.8 Å². The first-order valence-electron chi connectivity index (χ1n) is 11.3. The lowest BCUT2D eigenvalue weighted by Gasteiger charge is -2.25. The van der Waals surface area contributed by atoms with Gasteiger partial charge in [0.05, 0.1) is 35.1 Å². The number of methoxy groups -OCH3 is 3. The van der Waals surface area contributed by atoms with Gasteiger partial charge < -0.3 is 23.5 Å². The van der Waals surface area contributed by atoms with Gasteiger partial charge in [-0.05, 0) is 33.6 Å². The first kappa shape index (κ1) is 27.9. The van der Waals surface area contributed by atoms with Gasteiger partial charge in [0.2, 0.25) is 0 Å². The first-order valence-corrected chi connectivity index (χ1v) is 13.4. The van der Waals surface area contributed by atoms with E-state index in [9.17, 15) is 8.42 Å². The van der Waals surface area contributed by atoms with Crippen LogP contribution in [0.3, 0.4) is 0 Å². The van der Waals surface area contributed by atoms with E-state index in [1.54, 1.807) is 25.7 Å². The van der Waals surface area contributed by atoms with Crippen molar-refractivity contribution in [2.45, 2.75) is 68.5 Å². The van der Waals surface area contributed by atoms with Gasteiger partial charge in [0.25, 0.3) is 0 Å². The lowest BCUT2D eigenvalue weighted by atomic mass is 10.1. The fraction of sp³-hybridized carbons (Fsp3) is 0.727. The molecule has 1 fully saturated rings. The van der Waals surface area contributed by atoms with Crippen LogP contribution in [0.5, 0.6) is 0 Å². The lowest BCUT2D eigenvalue weighted by Crippen LogP contribution is -2.31. The molecule has 35 heavy (non-hydrogen) atoms. The molecule has 1 saturated heterocycles. The normalized spacial score (nSPS) is 19.8. The Morgan fingerprint density at radius 1 is 1.17 bits per heavy atom. The molecule has 0 spiro atoms. The molecule has 0 bridgehead atoms. The van der Waals surface area contributed by atoms with E-state index in [4.69, 9.17) is 30.5 Å². The number of halogens is 1. The van der Waals surface area contributed by atoms with Crippen LogP contribution in [0.4, 0.5) is 0 Å². The van der Waals surface area contributed by atoms with Gasteiger partial charge in [-0.25, -0.2) is 18.4 Å². The highest BCUT2D eigenvalue weighted by molar-refractivity contribution is 7.91. The van der Waals surface area contributed by atoms with Gasteiger partial charge in [-0.2, -0.15) is 0 Å². The van der Waals surface area contributed by atoms with E-state index in [-0.39, 0.29) is 48.4 Å². The van der Waals surface area contributed by atoms with Crippen LogP contribution in [0.2, 0.25) is 5.02 Å². The summed E-state index contributed by atoms with van der Waals surface area (Å²) in [6.45, 7) is 6.18. The molecule has 0 N–H and O–H groups in total. The topological polar surface area (TPSA) is 128 Å². The van der Waals surface area contributed by atoms with Gasteiger partial charge in [0, 0.05) is 33.7 Å². The van der Waals surface area contributed by atoms with Gasteiger partial charge in [0.1, 0.15) is 23.8 Å². The molecular weight excluding hydrogens is 498 g/mol. The summed E-state index contributed by atoms with van der Waals surface area (Å²) in [6, 6.07) is -0.333. The lowest BCUT2D eigenvalue weighted by molar-refractivity contribution is -0.0236. The Morgan fingerprint density at radius 3 is 2.31 bits per heavy atom. The third-order valence-electron chi connectivity index (χ3n) is 6.11. The summed E-state index contributed by atoms with van der Waals surface area (Å²) in [5, 5.41) is 8.03. The first-order chi connectivity index (χ1) is 16.5. The fourth-order valence-corrected chi connectivity index (χ4v) is 5.80. The maximum absolute atomic E-state index is 13.5. The summed E-state index contributed by atoms with van der Waals surface area (Å²) in [5.74, 6) is 0.714. The molecule has 0 unspecified atom stereocenters. The van der Waals surface area contributed by atoms with E-state index in [2.05, 4.69) is 20.2 Å². The molecule has 2 aromatic heterocycles. The fourth-order valence-electron chi connectivity index (χ4n) is 4.27. The van der Waals surface area contributed by atoms with Crippen molar-refractivity contribution in [2.24, 2.45) is 0 Å². The molecule has 0 saturated carbocycles. The summed E-state index contributed by atoms with van der Waals surface area (Å²) < 4.78 is 51.3. The standard InChI is InChI=1S/C22H34ClN5O6S/c1-14(19(33-6)20-24-9-15(23)10-25-20)35(29,30)13-18-26-27-21(17-7-8-22(2,3)34-17)28(18)16(11-31-4)12-32-5/h9-10,14,16-17,19H,7-8,11-13H2,1-6H3/t14-,17+,19-/m0/s1. The number of ether oxygens (including phenoxy) is 4. The molecule has 3 rings (SSSR count). The van der Waals surface area contributed by atoms with E-state index >= 15 is 0 Å². The minimum absolute atomic E-state index is 0.230. The predicted octanol–water partition coefficient (Wildman–Crippen LogP) is 2.88. The molecule has 13 heteroatoms. The van der Waals surface area contributed by atoms with Crippen LogP contribution in [0, 0.1) is 0 Å². The second kappa shape index (κ2) is 11.6. The maximum atomic E-state index is 13.5. The molecule has 2 aromatic rings. The van der Waals surface area contributed by atoms with Crippen molar-refractivity contribution in [3.8, 4) is 0 Å². The quantitative estimate of drug-likeness (QED) is 0.403. The summed E-state index contributed by atoms with van der Waals surface area (Å²) >= 11 is 5.88. The van der Waals surface area contributed by atoms with Crippen LogP contribution in [0.15, 0.2) is 12.4 Å². The Kier molecular flexibility index (Phi) is 9.22. The molecule has 1 aliphatic heterocycles. The molecule has 196 valence electrons. The highest BCUT2D eigenvalue weighted by atomic mass is 35.5. The summed E-state index contributed by atoms with van der Waals surface area (Å²) in [4.78, 5) is 8.28. The number of hydrogen-bond acceptors (Lipinski definition) is 10. The zero-order valence-corrected chi connectivity index (χ0v) is 22.5. The Morgan fingerprint density at radius 2 is 1.80 bits per heavy atom. The molecule has 3 heterocycles. The van der Waals surface area contributed by atoms with Crippen LogP contribution >= 0.6 is 11.6 Å². The zero-order valence-electron chi connectivity index (χ0n) is 21.0. The molecule has 1 aliphatic rings. The maximum Gasteiger partial charge on any atom is 0.163 e. The minimum Gasteiger partial charge on any atom is -0.382 e. The van der Waals surface area contributed by atoms with Crippen molar-refractivity contribution < 1.29 is 27.4 Å². The SMILES string of the molecule is COCC(COC)n1c(CS(=O)(=O)[C@@H](C)[C@H](OC)c2ncc(Cl)cn2)nnc1[C@H]1CCC(C)(C)O1. The number of rotatable bonds is 12. The van der Waals surface area contributed by atoms with E-state index in [0.717, 1.165) is 12.8 Å². The van der Waals surface area contributed by atoms with Gasteiger partial charge in [-0.3, -0.25) is 0 Å². The van der Waals surface area contributed by atoms with Crippen molar-refractivity contribution in [3.05, 3.63) is 34.9 Å². The molecule has 0 aromatic carbocycles. The monoisotopic (exact) mass is 531 g/mol. The Labute approximate surface area is 211 Å². The summed E-state index contributed by atoms with van der Waals surface area (Å²) in [7, 11) is 0.791. The molecule has 11 nitrogen and oxygen atoms in total. The van der Waals surface area contributed by atoms with E-state index in [1.807, 2.05) is 13.8 Å². The Balaban J connectivity index is 1.96. The molecule has 3 atom stereocenters. The summed E-state index contributed by atoms with van der Waals surface area (Å²) in [6.07, 6.45) is 3.21.